The number of nitrogens with zero attached hydrogens (tertiary/aromatic N) is 2. The van der Waals surface area contributed by atoms with Crippen molar-refractivity contribution in [2.45, 2.75) is 36.9 Å². The Hall–Kier alpha value is -2.68. The molecule has 1 aliphatic carbocycles. The second-order valence-electron chi connectivity index (χ2n) is 9.43. The number of H-pyrrole nitrogens is 1. The topological polar surface area (TPSA) is 70.2 Å². The fourth-order valence-corrected chi connectivity index (χ4v) is 6.29. The van der Waals surface area contributed by atoms with Gasteiger partial charge in [-0.2, -0.15) is 16.9 Å². The van der Waals surface area contributed by atoms with E-state index in [2.05, 4.69) is 38.6 Å². The summed E-state index contributed by atoms with van der Waals surface area (Å²) < 4.78 is 19.9. The summed E-state index contributed by atoms with van der Waals surface area (Å²) in [5.74, 6) is 0.222. The Morgan fingerprint density at radius 2 is 2.06 bits per heavy atom. The Morgan fingerprint density at radius 3 is 2.80 bits per heavy atom. The fraction of sp³-hybridized carbons (Fsp3) is 0.407. The van der Waals surface area contributed by atoms with Crippen molar-refractivity contribution in [3.05, 3.63) is 77.2 Å². The van der Waals surface area contributed by atoms with E-state index in [4.69, 9.17) is 4.74 Å². The number of carbonyl (C=O) groups is 1. The van der Waals surface area contributed by atoms with Crippen LogP contribution in [0.15, 0.2) is 54.7 Å². The van der Waals surface area contributed by atoms with Gasteiger partial charge in [0.2, 0.25) is 5.91 Å². The van der Waals surface area contributed by atoms with Crippen molar-refractivity contribution in [3.8, 4) is 11.3 Å². The van der Waals surface area contributed by atoms with Gasteiger partial charge in [-0.15, -0.1) is 0 Å². The third-order valence-electron chi connectivity index (χ3n) is 7.50. The summed E-state index contributed by atoms with van der Waals surface area (Å²) in [7, 11) is 1.76. The molecule has 184 valence electrons. The van der Waals surface area contributed by atoms with Gasteiger partial charge >= 0.3 is 0 Å². The zero-order valence-corrected chi connectivity index (χ0v) is 20.9. The predicted octanol–water partition coefficient (Wildman–Crippen LogP) is 4.30. The number of halogens is 1. The zero-order valence-electron chi connectivity index (χ0n) is 20.1. The maximum Gasteiger partial charge on any atom is 0.230 e. The van der Waals surface area contributed by atoms with E-state index in [0.29, 0.717) is 5.75 Å². The number of aromatic nitrogens is 2. The molecule has 1 aliphatic heterocycles. The molecule has 1 aromatic heterocycles. The highest BCUT2D eigenvalue weighted by Gasteiger charge is 2.53. The van der Waals surface area contributed by atoms with E-state index in [1.807, 2.05) is 24.6 Å². The maximum atomic E-state index is 13.8. The van der Waals surface area contributed by atoms with Crippen molar-refractivity contribution in [1.82, 2.24) is 20.4 Å². The minimum absolute atomic E-state index is 0.0404. The van der Waals surface area contributed by atoms with Crippen LogP contribution in [0.5, 0.6) is 0 Å². The van der Waals surface area contributed by atoms with E-state index < -0.39 is 0 Å². The van der Waals surface area contributed by atoms with E-state index in [1.54, 1.807) is 13.2 Å². The zero-order chi connectivity index (χ0) is 24.4. The predicted molar refractivity (Wildman–Crippen MR) is 137 cm³/mol. The molecular weight excluding hydrogens is 463 g/mol. The first-order valence-corrected chi connectivity index (χ1v) is 13.4. The SMILES string of the molecule is CO[C@H]1[C@H](NC(=O)CSC)c2ccccc2C12CCN(Cc1cn[nH]c1-c1cccc(F)c1)CC2. The highest BCUT2D eigenvalue weighted by Crippen LogP contribution is 2.52. The van der Waals surface area contributed by atoms with Gasteiger partial charge in [-0.05, 0) is 55.4 Å². The van der Waals surface area contributed by atoms with Crippen molar-refractivity contribution in [2.75, 3.05) is 32.2 Å². The molecule has 2 aromatic carbocycles. The second kappa shape index (κ2) is 10.1. The van der Waals surface area contributed by atoms with Crippen LogP contribution in [-0.4, -0.2) is 59.3 Å². The Balaban J connectivity index is 1.35. The summed E-state index contributed by atoms with van der Waals surface area (Å²) in [5.41, 5.74) is 5.06. The number of ether oxygens (including phenoxy) is 1. The summed E-state index contributed by atoms with van der Waals surface area (Å²) >= 11 is 1.52. The molecule has 2 atom stereocenters. The molecule has 1 spiro atoms. The number of fused-ring (bicyclic) bond motifs is 2. The fourth-order valence-electron chi connectivity index (χ4n) is 5.95. The molecule has 3 aromatic rings. The number of thioether (sulfide) groups is 1. The normalized spacial score (nSPS) is 21.2. The lowest BCUT2D eigenvalue weighted by molar-refractivity contribution is -0.121. The van der Waals surface area contributed by atoms with Crippen LogP contribution in [0.25, 0.3) is 11.3 Å². The third kappa shape index (κ3) is 4.50. The van der Waals surface area contributed by atoms with Crippen LogP contribution in [-0.2, 0) is 21.5 Å². The lowest BCUT2D eigenvalue weighted by Gasteiger charge is -2.44. The molecule has 2 heterocycles. The first-order chi connectivity index (χ1) is 17.1. The lowest BCUT2D eigenvalue weighted by Crippen LogP contribution is -2.50. The van der Waals surface area contributed by atoms with Crippen LogP contribution in [0.3, 0.4) is 0 Å². The largest absolute Gasteiger partial charge is 0.378 e. The average Bonchev–Trinajstić information content (AvgIpc) is 3.42. The van der Waals surface area contributed by atoms with Crippen molar-refractivity contribution in [1.29, 1.82) is 0 Å². The highest BCUT2D eigenvalue weighted by atomic mass is 32.2. The lowest BCUT2D eigenvalue weighted by atomic mass is 9.72. The van der Waals surface area contributed by atoms with Crippen molar-refractivity contribution in [2.24, 2.45) is 0 Å². The van der Waals surface area contributed by atoms with Crippen LogP contribution < -0.4 is 5.32 Å². The quantitative estimate of drug-likeness (QED) is 0.513. The summed E-state index contributed by atoms with van der Waals surface area (Å²) in [6.07, 6.45) is 5.54. The molecule has 5 rings (SSSR count). The van der Waals surface area contributed by atoms with Gasteiger partial charge in [0.25, 0.3) is 0 Å². The van der Waals surface area contributed by atoms with Gasteiger partial charge in [0.1, 0.15) is 5.82 Å². The average molecular weight is 495 g/mol. The molecule has 35 heavy (non-hydrogen) atoms. The van der Waals surface area contributed by atoms with Crippen molar-refractivity contribution < 1.29 is 13.9 Å². The number of benzene rings is 2. The molecular formula is C27H31FN4O2S. The molecule has 1 fully saturated rings. The van der Waals surface area contributed by atoms with Gasteiger partial charge in [-0.3, -0.25) is 14.8 Å². The Morgan fingerprint density at radius 1 is 1.26 bits per heavy atom. The van der Waals surface area contributed by atoms with Gasteiger partial charge in [0.05, 0.1) is 29.8 Å². The number of carbonyl (C=O) groups excluding carboxylic acids is 1. The Kier molecular flexibility index (Phi) is 6.95. The number of aromatic amines is 1. The van der Waals surface area contributed by atoms with Gasteiger partial charge in [-0.25, -0.2) is 4.39 Å². The van der Waals surface area contributed by atoms with Crippen LogP contribution in [0.1, 0.15) is 35.6 Å². The summed E-state index contributed by atoms with van der Waals surface area (Å²) in [5, 5.41) is 10.5. The van der Waals surface area contributed by atoms with Crippen molar-refractivity contribution >= 4 is 17.7 Å². The van der Waals surface area contributed by atoms with Gasteiger partial charge in [0, 0.05) is 30.2 Å². The number of rotatable bonds is 7. The standard InChI is InChI=1S/C27H31FN4O2S/c1-34-26-25(30-23(33)17-35-2)21-8-3-4-9-22(21)27(26)10-12-32(13-11-27)16-19-15-29-31-24(19)18-6-5-7-20(28)14-18/h3-9,14-15,25-26H,10-13,16-17H2,1-2H3,(H,29,31)(H,30,33)/t25-,26+/m1/s1. The molecule has 6 nitrogen and oxygen atoms in total. The molecule has 8 heteroatoms. The number of hydrogen-bond donors (Lipinski definition) is 2. The van der Waals surface area contributed by atoms with Crippen LogP contribution in [0.2, 0.25) is 0 Å². The molecule has 0 bridgehead atoms. The van der Waals surface area contributed by atoms with Crippen molar-refractivity contribution in [3.63, 3.8) is 0 Å². The van der Waals surface area contributed by atoms with E-state index in [9.17, 15) is 9.18 Å². The second-order valence-corrected chi connectivity index (χ2v) is 10.3. The van der Waals surface area contributed by atoms with Crippen LogP contribution in [0, 0.1) is 5.82 Å². The summed E-state index contributed by atoms with van der Waals surface area (Å²) in [6.45, 7) is 2.53. The van der Waals surface area contributed by atoms with Gasteiger partial charge in [-0.1, -0.05) is 36.4 Å². The van der Waals surface area contributed by atoms with E-state index in [1.165, 1.54) is 35.0 Å². The molecule has 1 amide bonds. The van der Waals surface area contributed by atoms with E-state index in [0.717, 1.165) is 49.3 Å². The van der Waals surface area contributed by atoms with E-state index >= 15 is 0 Å². The molecule has 2 N–H and O–H groups in total. The number of methoxy groups -OCH3 is 1. The summed E-state index contributed by atoms with van der Waals surface area (Å²) in [6, 6.07) is 14.9. The molecule has 0 unspecified atom stereocenters. The maximum absolute atomic E-state index is 13.8. The monoisotopic (exact) mass is 494 g/mol. The minimum Gasteiger partial charge on any atom is -0.378 e. The first kappa shape index (κ1) is 24.0. The number of nitrogens with one attached hydrogen (secondary N) is 2. The highest BCUT2D eigenvalue weighted by molar-refractivity contribution is 7.99. The van der Waals surface area contributed by atoms with Gasteiger partial charge < -0.3 is 10.1 Å². The molecule has 0 radical (unpaired) electrons. The van der Waals surface area contributed by atoms with Crippen LogP contribution in [0.4, 0.5) is 4.39 Å². The third-order valence-corrected chi connectivity index (χ3v) is 8.05. The minimum atomic E-state index is -0.257. The summed E-state index contributed by atoms with van der Waals surface area (Å²) in [4.78, 5) is 14.9. The Bertz CT molecular complexity index is 1190. The Labute approximate surface area is 209 Å². The number of amides is 1. The van der Waals surface area contributed by atoms with Gasteiger partial charge in [0.15, 0.2) is 0 Å². The number of likely N-dealkylation sites (tertiary alicyclic amines) is 1. The van der Waals surface area contributed by atoms with E-state index in [-0.39, 0.29) is 29.3 Å². The molecule has 1 saturated heterocycles. The molecule has 0 saturated carbocycles. The number of piperidine rings is 1. The molecule has 2 aliphatic rings. The smallest absolute Gasteiger partial charge is 0.230 e. The first-order valence-electron chi connectivity index (χ1n) is 12.0. The number of hydrogen-bond acceptors (Lipinski definition) is 5. The van der Waals surface area contributed by atoms with Crippen LogP contribution >= 0.6 is 11.8 Å².